The van der Waals surface area contributed by atoms with Gasteiger partial charge in [-0.25, -0.2) is 9.37 Å². The molecule has 0 atom stereocenters. The highest BCUT2D eigenvalue weighted by Gasteiger charge is 2.18. The minimum absolute atomic E-state index is 0.0257. The summed E-state index contributed by atoms with van der Waals surface area (Å²) >= 11 is 7.17. The second kappa shape index (κ2) is 7.23. The Balaban J connectivity index is 1.86. The molecule has 0 spiro atoms. The Kier molecular flexibility index (Phi) is 5.01. The zero-order valence-corrected chi connectivity index (χ0v) is 15.1. The molecule has 0 unspecified atom stereocenters. The molecule has 3 aromatic rings. The lowest BCUT2D eigenvalue weighted by molar-refractivity contribution is 0.0998. The second-order valence-corrected chi connectivity index (χ2v) is 6.89. The van der Waals surface area contributed by atoms with Gasteiger partial charge in [0.1, 0.15) is 15.7 Å². The van der Waals surface area contributed by atoms with Gasteiger partial charge >= 0.3 is 0 Å². The Morgan fingerprint density at radius 3 is 2.65 bits per heavy atom. The number of carbonyl (C=O) groups excluding carboxylic acids is 2. The Hall–Kier alpha value is -2.77. The third-order valence-corrected chi connectivity index (χ3v) is 5.02. The average Bonchev–Trinajstić information content (AvgIpc) is 2.98. The van der Waals surface area contributed by atoms with E-state index in [2.05, 4.69) is 10.3 Å². The highest BCUT2D eigenvalue weighted by Crippen LogP contribution is 2.30. The first-order chi connectivity index (χ1) is 12.3. The van der Waals surface area contributed by atoms with Crippen LogP contribution in [-0.2, 0) is 0 Å². The van der Waals surface area contributed by atoms with Gasteiger partial charge in [0.15, 0.2) is 0 Å². The number of anilines is 1. The monoisotopic (exact) mass is 389 g/mol. The normalized spacial score (nSPS) is 10.6. The van der Waals surface area contributed by atoms with E-state index in [1.807, 2.05) is 6.07 Å². The minimum atomic E-state index is -0.744. The number of halogens is 2. The standard InChI is InChI=1S/C18H13ClFN3O2S/c1-9-15(26-18(22-9)11-3-2-4-12(19)7-11)17(25)23-14-6-5-10(16(21)24)8-13(14)20/h2-8H,1H3,(H2,21,24)(H,23,25). The van der Waals surface area contributed by atoms with E-state index < -0.39 is 17.6 Å². The molecule has 2 aromatic carbocycles. The van der Waals surface area contributed by atoms with Gasteiger partial charge in [-0.3, -0.25) is 9.59 Å². The van der Waals surface area contributed by atoms with Crippen molar-refractivity contribution in [2.24, 2.45) is 5.73 Å². The van der Waals surface area contributed by atoms with Gasteiger partial charge in [0.05, 0.1) is 11.4 Å². The zero-order valence-electron chi connectivity index (χ0n) is 13.5. The average molecular weight is 390 g/mol. The van der Waals surface area contributed by atoms with Crippen LogP contribution in [0.4, 0.5) is 10.1 Å². The van der Waals surface area contributed by atoms with Gasteiger partial charge in [-0.05, 0) is 37.3 Å². The number of rotatable bonds is 4. The van der Waals surface area contributed by atoms with Crippen molar-refractivity contribution in [3.8, 4) is 10.6 Å². The maximum atomic E-state index is 14.1. The van der Waals surface area contributed by atoms with Crippen LogP contribution in [-0.4, -0.2) is 16.8 Å². The Morgan fingerprint density at radius 1 is 1.23 bits per heavy atom. The number of carbonyl (C=O) groups is 2. The minimum Gasteiger partial charge on any atom is -0.366 e. The van der Waals surface area contributed by atoms with Crippen LogP contribution in [0.3, 0.4) is 0 Å². The van der Waals surface area contributed by atoms with Crippen LogP contribution in [0.25, 0.3) is 10.6 Å². The SMILES string of the molecule is Cc1nc(-c2cccc(Cl)c2)sc1C(=O)Nc1ccc(C(N)=O)cc1F. The number of aryl methyl sites for hydroxylation is 1. The Labute approximate surface area is 157 Å². The molecule has 3 N–H and O–H groups in total. The van der Waals surface area contributed by atoms with Crippen LogP contribution < -0.4 is 11.1 Å². The van der Waals surface area contributed by atoms with Crippen molar-refractivity contribution in [3.63, 3.8) is 0 Å². The lowest BCUT2D eigenvalue weighted by Crippen LogP contribution is -2.14. The van der Waals surface area contributed by atoms with Crippen molar-refractivity contribution in [3.05, 3.63) is 69.4 Å². The van der Waals surface area contributed by atoms with Crippen LogP contribution in [0.1, 0.15) is 25.7 Å². The zero-order chi connectivity index (χ0) is 18.8. The first-order valence-electron chi connectivity index (χ1n) is 7.49. The van der Waals surface area contributed by atoms with E-state index >= 15 is 0 Å². The molecule has 0 bridgehead atoms. The van der Waals surface area contributed by atoms with E-state index in [0.717, 1.165) is 11.6 Å². The van der Waals surface area contributed by atoms with Crippen molar-refractivity contribution in [2.45, 2.75) is 6.92 Å². The van der Waals surface area contributed by atoms with Crippen LogP contribution in [0, 0.1) is 12.7 Å². The molecule has 132 valence electrons. The number of amides is 2. The third-order valence-electron chi connectivity index (χ3n) is 3.58. The number of hydrogen-bond acceptors (Lipinski definition) is 4. The second-order valence-electron chi connectivity index (χ2n) is 5.46. The van der Waals surface area contributed by atoms with Crippen molar-refractivity contribution in [1.29, 1.82) is 0 Å². The Morgan fingerprint density at radius 2 is 2.00 bits per heavy atom. The maximum absolute atomic E-state index is 14.1. The van der Waals surface area contributed by atoms with Crippen LogP contribution in [0.5, 0.6) is 0 Å². The molecule has 0 fully saturated rings. The van der Waals surface area contributed by atoms with Crippen LogP contribution in [0.15, 0.2) is 42.5 Å². The smallest absolute Gasteiger partial charge is 0.267 e. The quantitative estimate of drug-likeness (QED) is 0.699. The summed E-state index contributed by atoms with van der Waals surface area (Å²) in [4.78, 5) is 28.3. The summed E-state index contributed by atoms with van der Waals surface area (Å²) in [6.45, 7) is 1.70. The molecule has 0 aliphatic rings. The first-order valence-corrected chi connectivity index (χ1v) is 8.68. The lowest BCUT2D eigenvalue weighted by Gasteiger charge is -2.06. The summed E-state index contributed by atoms with van der Waals surface area (Å²) in [7, 11) is 0. The van der Waals surface area contributed by atoms with Crippen molar-refractivity contribution in [1.82, 2.24) is 4.98 Å². The summed E-state index contributed by atoms with van der Waals surface area (Å²) in [5.74, 6) is -1.97. The predicted octanol–water partition coefficient (Wildman–Crippen LogP) is 4.26. The van der Waals surface area contributed by atoms with Gasteiger partial charge in [0.25, 0.3) is 5.91 Å². The molecule has 8 heteroatoms. The molecule has 2 amide bonds. The van der Waals surface area contributed by atoms with Gasteiger partial charge < -0.3 is 11.1 Å². The van der Waals surface area contributed by atoms with E-state index in [1.165, 1.54) is 23.5 Å². The fourth-order valence-electron chi connectivity index (χ4n) is 2.30. The molecule has 5 nitrogen and oxygen atoms in total. The molecule has 0 radical (unpaired) electrons. The molecule has 0 saturated heterocycles. The van der Waals surface area contributed by atoms with Gasteiger partial charge in [0.2, 0.25) is 5.91 Å². The molecule has 26 heavy (non-hydrogen) atoms. The van der Waals surface area contributed by atoms with Gasteiger partial charge in [0, 0.05) is 16.1 Å². The molecule has 1 heterocycles. The number of primary amides is 1. The predicted molar refractivity (Wildman–Crippen MR) is 100 cm³/mol. The maximum Gasteiger partial charge on any atom is 0.267 e. The first kappa shape index (κ1) is 18.0. The number of benzene rings is 2. The largest absolute Gasteiger partial charge is 0.366 e. The Bertz CT molecular complexity index is 1020. The summed E-state index contributed by atoms with van der Waals surface area (Å²) in [5.41, 5.74) is 6.40. The number of thiazole rings is 1. The molecule has 3 rings (SSSR count). The van der Waals surface area contributed by atoms with Gasteiger partial charge in [-0.1, -0.05) is 23.7 Å². The molecule has 1 aromatic heterocycles. The number of nitrogens with two attached hydrogens (primary N) is 1. The lowest BCUT2D eigenvalue weighted by atomic mass is 10.2. The van der Waals surface area contributed by atoms with Crippen molar-refractivity contribution >= 4 is 40.4 Å². The topological polar surface area (TPSA) is 85.1 Å². The fourth-order valence-corrected chi connectivity index (χ4v) is 3.45. The summed E-state index contributed by atoms with van der Waals surface area (Å²) in [6, 6.07) is 10.8. The number of hydrogen-bond donors (Lipinski definition) is 2. The van der Waals surface area contributed by atoms with E-state index in [1.54, 1.807) is 25.1 Å². The van der Waals surface area contributed by atoms with Crippen LogP contribution in [0.2, 0.25) is 5.02 Å². The highest BCUT2D eigenvalue weighted by atomic mass is 35.5. The highest BCUT2D eigenvalue weighted by molar-refractivity contribution is 7.17. The number of nitrogens with zero attached hydrogens (tertiary/aromatic N) is 1. The van der Waals surface area contributed by atoms with Crippen molar-refractivity contribution < 1.29 is 14.0 Å². The van der Waals surface area contributed by atoms with E-state index in [-0.39, 0.29) is 11.3 Å². The molecule has 0 aliphatic heterocycles. The summed E-state index contributed by atoms with van der Waals surface area (Å²) in [5, 5.41) is 3.69. The summed E-state index contributed by atoms with van der Waals surface area (Å²) < 4.78 is 14.1. The molecular weight excluding hydrogens is 377 g/mol. The van der Waals surface area contributed by atoms with E-state index in [0.29, 0.717) is 20.6 Å². The summed E-state index contributed by atoms with van der Waals surface area (Å²) in [6.07, 6.45) is 0. The van der Waals surface area contributed by atoms with E-state index in [4.69, 9.17) is 17.3 Å². The fraction of sp³-hybridized carbons (Fsp3) is 0.0556. The van der Waals surface area contributed by atoms with Gasteiger partial charge in [-0.15, -0.1) is 11.3 Å². The van der Waals surface area contributed by atoms with Gasteiger partial charge in [-0.2, -0.15) is 0 Å². The molecule has 0 aliphatic carbocycles. The van der Waals surface area contributed by atoms with E-state index in [9.17, 15) is 14.0 Å². The molecule has 0 saturated carbocycles. The third kappa shape index (κ3) is 3.74. The molecular formula is C18H13ClFN3O2S. The van der Waals surface area contributed by atoms with Crippen molar-refractivity contribution in [2.75, 3.05) is 5.32 Å². The van der Waals surface area contributed by atoms with Crippen LogP contribution >= 0.6 is 22.9 Å². The number of aromatic nitrogens is 1. The number of nitrogens with one attached hydrogen (secondary N) is 1.